The first-order valence-electron chi connectivity index (χ1n) is 13.9. The summed E-state index contributed by atoms with van der Waals surface area (Å²) in [6, 6.07) is 16.3. The molecule has 10 heteroatoms. The molecule has 7 rings (SSSR count). The normalized spacial score (nSPS) is 17.2. The number of anilines is 1. The highest BCUT2D eigenvalue weighted by Crippen LogP contribution is 2.36. The molecular weight excluding hydrogens is 518 g/mol. The average Bonchev–Trinajstić information content (AvgIpc) is 3.56. The lowest BCUT2D eigenvalue weighted by Crippen LogP contribution is -2.41. The van der Waals surface area contributed by atoms with Crippen LogP contribution in [0.1, 0.15) is 44.9 Å². The van der Waals surface area contributed by atoms with Gasteiger partial charge in [-0.2, -0.15) is 5.10 Å². The minimum absolute atomic E-state index is 0.0540. The zero-order chi connectivity index (χ0) is 28.1. The number of rotatable bonds is 4. The summed E-state index contributed by atoms with van der Waals surface area (Å²) in [5.41, 5.74) is 6.83. The summed E-state index contributed by atoms with van der Waals surface area (Å²) in [4.78, 5) is 27.8. The molecule has 0 aliphatic carbocycles. The fourth-order valence-corrected chi connectivity index (χ4v) is 6.09. The van der Waals surface area contributed by atoms with Crippen molar-refractivity contribution < 1.29 is 14.1 Å². The van der Waals surface area contributed by atoms with Crippen molar-refractivity contribution in [2.75, 3.05) is 31.2 Å². The van der Waals surface area contributed by atoms with Gasteiger partial charge in [-0.25, -0.2) is 9.97 Å². The van der Waals surface area contributed by atoms with Crippen LogP contribution in [-0.4, -0.2) is 62.0 Å². The zero-order valence-electron chi connectivity index (χ0n) is 23.4. The van der Waals surface area contributed by atoms with Gasteiger partial charge in [0, 0.05) is 55.3 Å². The van der Waals surface area contributed by atoms with Gasteiger partial charge in [0.15, 0.2) is 0 Å². The molecule has 2 aliphatic heterocycles. The Kier molecular flexibility index (Phi) is 6.27. The molecule has 2 aliphatic rings. The van der Waals surface area contributed by atoms with Gasteiger partial charge in [-0.05, 0) is 37.1 Å². The van der Waals surface area contributed by atoms with Crippen molar-refractivity contribution in [3.8, 4) is 11.1 Å². The van der Waals surface area contributed by atoms with Crippen molar-refractivity contribution in [3.63, 3.8) is 0 Å². The zero-order valence-corrected chi connectivity index (χ0v) is 23.4. The van der Waals surface area contributed by atoms with Crippen LogP contribution in [0.15, 0.2) is 59.3 Å². The summed E-state index contributed by atoms with van der Waals surface area (Å²) in [6.07, 6.45) is 2.59. The van der Waals surface area contributed by atoms with Crippen LogP contribution in [0.25, 0.3) is 22.0 Å². The molecule has 1 amide bonds. The van der Waals surface area contributed by atoms with E-state index < -0.39 is 0 Å². The summed E-state index contributed by atoms with van der Waals surface area (Å²) in [6.45, 7) is 6.67. The molecule has 5 heterocycles. The van der Waals surface area contributed by atoms with Crippen molar-refractivity contribution in [1.82, 2.24) is 29.8 Å². The lowest BCUT2D eigenvalue weighted by atomic mass is 10.0. The second-order valence-corrected chi connectivity index (χ2v) is 10.7. The van der Waals surface area contributed by atoms with E-state index in [-0.39, 0.29) is 17.8 Å². The van der Waals surface area contributed by atoms with E-state index in [0.29, 0.717) is 38.4 Å². The Morgan fingerprint density at radius 3 is 2.71 bits per heavy atom. The summed E-state index contributed by atoms with van der Waals surface area (Å²) >= 11 is 0. The quantitative estimate of drug-likeness (QED) is 0.325. The molecule has 5 aromatic rings. The molecule has 0 saturated carbocycles. The third kappa shape index (κ3) is 4.44. The Balaban J connectivity index is 1.36. The first kappa shape index (κ1) is 25.4. The highest BCUT2D eigenvalue weighted by atomic mass is 16.5. The van der Waals surface area contributed by atoms with E-state index in [9.17, 15) is 4.79 Å². The molecule has 1 unspecified atom stereocenters. The molecule has 0 N–H and O–H groups in total. The maximum Gasteiger partial charge on any atom is 0.292 e. The molecule has 10 nitrogen and oxygen atoms in total. The number of aryl methyl sites for hydroxylation is 3. The summed E-state index contributed by atoms with van der Waals surface area (Å²) in [5, 5.41) is 9.40. The number of morpholine rings is 1. The topological polar surface area (TPSA) is 102 Å². The van der Waals surface area contributed by atoms with E-state index in [2.05, 4.69) is 33.4 Å². The highest BCUT2D eigenvalue weighted by molar-refractivity contribution is 5.98. The second kappa shape index (κ2) is 10.1. The first-order chi connectivity index (χ1) is 20.0. The maximum atomic E-state index is 13.9. The molecule has 0 bridgehead atoms. The molecule has 1 fully saturated rings. The van der Waals surface area contributed by atoms with Crippen LogP contribution in [0.5, 0.6) is 0 Å². The lowest BCUT2D eigenvalue weighted by molar-refractivity contribution is 0.0721. The standard InChI is InChI=1S/C31H31N7O3/c1-19-28(20(2)41-35-19)22-9-10-25-24(15-22)30(38-13-14-40-18-27(38)21-7-5-4-6-8-21)34-29(33-25)31(39)37-12-11-26-23(17-37)16-32-36(26)3/h4-10,15-16,27H,11-14,17-18H2,1-3H3. The molecular formula is C31H31N7O3. The average molecular weight is 550 g/mol. The molecule has 0 radical (unpaired) electrons. The summed E-state index contributed by atoms with van der Waals surface area (Å²) < 4.78 is 13.3. The van der Waals surface area contributed by atoms with Crippen LogP contribution in [-0.2, 0) is 24.8 Å². The number of amides is 1. The van der Waals surface area contributed by atoms with Crippen molar-refractivity contribution >= 4 is 22.6 Å². The fraction of sp³-hybridized carbons (Fsp3) is 0.323. The number of hydrogen-bond donors (Lipinski definition) is 0. The number of fused-ring (bicyclic) bond motifs is 2. The van der Waals surface area contributed by atoms with Gasteiger partial charge in [0.2, 0.25) is 5.82 Å². The summed E-state index contributed by atoms with van der Waals surface area (Å²) in [7, 11) is 1.94. The van der Waals surface area contributed by atoms with E-state index in [1.807, 2.05) is 67.0 Å². The van der Waals surface area contributed by atoms with Gasteiger partial charge in [0.1, 0.15) is 11.6 Å². The number of nitrogens with zero attached hydrogens (tertiary/aromatic N) is 7. The Morgan fingerprint density at radius 1 is 1.05 bits per heavy atom. The Morgan fingerprint density at radius 2 is 1.90 bits per heavy atom. The van der Waals surface area contributed by atoms with Gasteiger partial charge in [-0.1, -0.05) is 41.6 Å². The van der Waals surface area contributed by atoms with Crippen molar-refractivity contribution in [3.05, 3.63) is 88.8 Å². The van der Waals surface area contributed by atoms with Crippen LogP contribution in [0.3, 0.4) is 0 Å². The smallest absolute Gasteiger partial charge is 0.292 e. The van der Waals surface area contributed by atoms with Crippen LogP contribution in [0.4, 0.5) is 5.82 Å². The fourth-order valence-electron chi connectivity index (χ4n) is 6.09. The number of carbonyl (C=O) groups is 1. The van der Waals surface area contributed by atoms with Gasteiger partial charge < -0.3 is 19.1 Å². The third-order valence-corrected chi connectivity index (χ3v) is 8.19. The predicted octanol–water partition coefficient (Wildman–Crippen LogP) is 4.41. The predicted molar refractivity (Wildman–Crippen MR) is 154 cm³/mol. The highest BCUT2D eigenvalue weighted by Gasteiger charge is 2.31. The maximum absolute atomic E-state index is 13.9. The van der Waals surface area contributed by atoms with Crippen molar-refractivity contribution in [2.45, 2.75) is 32.9 Å². The number of ether oxygens (including phenoxy) is 1. The summed E-state index contributed by atoms with van der Waals surface area (Å²) in [5.74, 6) is 1.50. The van der Waals surface area contributed by atoms with Crippen molar-refractivity contribution in [2.24, 2.45) is 7.05 Å². The van der Waals surface area contributed by atoms with E-state index in [0.717, 1.165) is 51.3 Å². The van der Waals surface area contributed by atoms with Crippen LogP contribution >= 0.6 is 0 Å². The Hall–Kier alpha value is -4.57. The van der Waals surface area contributed by atoms with Gasteiger partial charge in [-0.15, -0.1) is 0 Å². The number of hydrogen-bond acceptors (Lipinski definition) is 8. The van der Waals surface area contributed by atoms with Crippen LogP contribution in [0.2, 0.25) is 0 Å². The molecule has 208 valence electrons. The van der Waals surface area contributed by atoms with Gasteiger partial charge in [-0.3, -0.25) is 9.48 Å². The number of carbonyl (C=O) groups excluding carboxylic acids is 1. The molecule has 1 saturated heterocycles. The molecule has 3 aromatic heterocycles. The minimum Gasteiger partial charge on any atom is -0.377 e. The van der Waals surface area contributed by atoms with E-state index >= 15 is 0 Å². The second-order valence-electron chi connectivity index (χ2n) is 10.7. The van der Waals surface area contributed by atoms with E-state index in [1.54, 1.807) is 0 Å². The van der Waals surface area contributed by atoms with Gasteiger partial charge >= 0.3 is 0 Å². The number of aromatic nitrogens is 5. The SMILES string of the molecule is Cc1noc(C)c1-c1ccc2nc(C(=O)N3CCc4c(cnn4C)C3)nc(N3CCOCC3c3ccccc3)c2c1. The van der Waals surface area contributed by atoms with E-state index in [1.165, 1.54) is 5.69 Å². The molecule has 0 spiro atoms. The largest absolute Gasteiger partial charge is 0.377 e. The third-order valence-electron chi connectivity index (χ3n) is 8.19. The molecule has 2 aromatic carbocycles. The molecule has 41 heavy (non-hydrogen) atoms. The van der Waals surface area contributed by atoms with Crippen LogP contribution < -0.4 is 4.90 Å². The minimum atomic E-state index is -0.179. The Labute approximate surface area is 237 Å². The first-order valence-corrected chi connectivity index (χ1v) is 13.9. The lowest BCUT2D eigenvalue weighted by Gasteiger charge is -2.37. The van der Waals surface area contributed by atoms with Crippen molar-refractivity contribution in [1.29, 1.82) is 0 Å². The Bertz CT molecular complexity index is 1740. The van der Waals surface area contributed by atoms with E-state index in [4.69, 9.17) is 19.2 Å². The molecule has 1 atom stereocenters. The number of benzene rings is 2. The van der Waals surface area contributed by atoms with Gasteiger partial charge in [0.05, 0.1) is 36.7 Å². The van der Waals surface area contributed by atoms with Gasteiger partial charge in [0.25, 0.3) is 5.91 Å². The monoisotopic (exact) mass is 549 g/mol. The van der Waals surface area contributed by atoms with Crippen LogP contribution in [0, 0.1) is 13.8 Å².